The van der Waals surface area contributed by atoms with Crippen LogP contribution in [0.4, 0.5) is 14.5 Å². The van der Waals surface area contributed by atoms with E-state index < -0.39 is 12.5 Å². The van der Waals surface area contributed by atoms with Crippen molar-refractivity contribution in [3.8, 4) is 11.4 Å². The molecule has 7 heteroatoms. The van der Waals surface area contributed by atoms with Crippen molar-refractivity contribution in [3.63, 3.8) is 0 Å². The average Bonchev–Trinajstić information content (AvgIpc) is 2.91. The number of benzene rings is 2. The summed E-state index contributed by atoms with van der Waals surface area (Å²) in [6.45, 7) is 0.532. The Labute approximate surface area is 149 Å². The summed E-state index contributed by atoms with van der Waals surface area (Å²) in [6, 6.07) is 15.5. The zero-order chi connectivity index (χ0) is 18.7. The Morgan fingerprint density at radius 1 is 1.08 bits per heavy atom. The van der Waals surface area contributed by atoms with Gasteiger partial charge in [-0.3, -0.25) is 4.79 Å². The number of aromatic nitrogens is 2. The topological polar surface area (TPSA) is 56.2 Å². The van der Waals surface area contributed by atoms with E-state index >= 15 is 0 Å². The Bertz CT molecular complexity index is 924. The molecule has 1 aromatic heterocycles. The van der Waals surface area contributed by atoms with Crippen LogP contribution in [0.3, 0.4) is 0 Å². The number of para-hydroxylation sites is 3. The second kappa shape index (κ2) is 7.35. The summed E-state index contributed by atoms with van der Waals surface area (Å²) in [4.78, 5) is 12.7. The molecule has 5 nitrogen and oxygen atoms in total. The lowest BCUT2D eigenvalue weighted by molar-refractivity contribution is -0.0493. The number of rotatable bonds is 5. The highest BCUT2D eigenvalue weighted by atomic mass is 19.3. The minimum Gasteiger partial charge on any atom is -0.433 e. The Morgan fingerprint density at radius 2 is 1.73 bits per heavy atom. The van der Waals surface area contributed by atoms with Crippen LogP contribution >= 0.6 is 0 Å². The highest BCUT2D eigenvalue weighted by Crippen LogP contribution is 2.27. The number of alkyl halides is 2. The standard InChI is InChI=1S/C19H17F2N3O2/c1-12-17(13(2)24(23-12)14-8-4-3-5-9-14)18(25)22-15-10-6-7-11-16(15)26-19(20)21/h3-11,19H,1-2H3,(H,22,25). The van der Waals surface area contributed by atoms with Crippen LogP contribution in [-0.4, -0.2) is 22.3 Å². The molecule has 0 fully saturated rings. The number of nitrogens with one attached hydrogen (secondary N) is 1. The predicted molar refractivity (Wildman–Crippen MR) is 94.1 cm³/mol. The summed E-state index contributed by atoms with van der Waals surface area (Å²) in [6.07, 6.45) is 0. The lowest BCUT2D eigenvalue weighted by Crippen LogP contribution is -2.15. The molecule has 0 spiro atoms. The predicted octanol–water partition coefficient (Wildman–Crippen LogP) is 4.34. The second-order valence-corrected chi connectivity index (χ2v) is 5.62. The van der Waals surface area contributed by atoms with Gasteiger partial charge in [0.1, 0.15) is 5.75 Å². The Hall–Kier alpha value is -3.22. The molecule has 26 heavy (non-hydrogen) atoms. The van der Waals surface area contributed by atoms with Gasteiger partial charge >= 0.3 is 6.61 Å². The Morgan fingerprint density at radius 3 is 2.42 bits per heavy atom. The van der Waals surface area contributed by atoms with E-state index in [1.54, 1.807) is 30.7 Å². The maximum Gasteiger partial charge on any atom is 0.387 e. The van der Waals surface area contributed by atoms with Crippen molar-refractivity contribution in [2.45, 2.75) is 20.5 Å². The molecule has 0 bridgehead atoms. The molecular weight excluding hydrogens is 340 g/mol. The van der Waals surface area contributed by atoms with Crippen LogP contribution in [0.2, 0.25) is 0 Å². The molecule has 2 aromatic carbocycles. The molecule has 3 aromatic rings. The summed E-state index contributed by atoms with van der Waals surface area (Å²) in [5, 5.41) is 7.05. The number of carbonyl (C=O) groups excluding carboxylic acids is 1. The SMILES string of the molecule is Cc1nn(-c2ccccc2)c(C)c1C(=O)Nc1ccccc1OC(F)F. The van der Waals surface area contributed by atoms with Gasteiger partial charge in [-0.1, -0.05) is 30.3 Å². The van der Waals surface area contributed by atoms with E-state index in [4.69, 9.17) is 0 Å². The highest BCUT2D eigenvalue weighted by molar-refractivity contribution is 6.06. The molecular formula is C19H17F2N3O2. The summed E-state index contributed by atoms with van der Waals surface area (Å²) in [7, 11) is 0. The molecule has 1 heterocycles. The number of halogens is 2. The first-order chi connectivity index (χ1) is 12.5. The Balaban J connectivity index is 1.91. The molecule has 134 valence electrons. The van der Waals surface area contributed by atoms with Crippen LogP contribution in [-0.2, 0) is 0 Å². The number of nitrogens with zero attached hydrogens (tertiary/aromatic N) is 2. The van der Waals surface area contributed by atoms with Crippen molar-refractivity contribution < 1.29 is 18.3 Å². The van der Waals surface area contributed by atoms with E-state index in [2.05, 4.69) is 15.2 Å². The third kappa shape index (κ3) is 3.56. The first kappa shape index (κ1) is 17.6. The number of amides is 1. The maximum absolute atomic E-state index is 12.7. The van der Waals surface area contributed by atoms with Gasteiger partial charge < -0.3 is 10.1 Å². The largest absolute Gasteiger partial charge is 0.433 e. The average molecular weight is 357 g/mol. The van der Waals surface area contributed by atoms with Crippen molar-refractivity contribution in [1.29, 1.82) is 0 Å². The fourth-order valence-electron chi connectivity index (χ4n) is 2.75. The van der Waals surface area contributed by atoms with Crippen LogP contribution in [0.1, 0.15) is 21.7 Å². The van der Waals surface area contributed by atoms with Gasteiger partial charge in [-0.05, 0) is 38.1 Å². The Kier molecular flexibility index (Phi) is 4.97. The van der Waals surface area contributed by atoms with Gasteiger partial charge in [0.2, 0.25) is 0 Å². The van der Waals surface area contributed by atoms with Gasteiger partial charge in [-0.25, -0.2) is 4.68 Å². The molecule has 0 saturated heterocycles. The highest BCUT2D eigenvalue weighted by Gasteiger charge is 2.21. The third-order valence-corrected chi connectivity index (χ3v) is 3.87. The van der Waals surface area contributed by atoms with Gasteiger partial charge in [0.05, 0.1) is 28.3 Å². The summed E-state index contributed by atoms with van der Waals surface area (Å²) < 4.78 is 31.2. The molecule has 0 aliphatic rings. The van der Waals surface area contributed by atoms with Crippen LogP contribution in [0.15, 0.2) is 54.6 Å². The summed E-state index contributed by atoms with van der Waals surface area (Å²) in [5.74, 6) is -0.533. The normalized spacial score (nSPS) is 10.8. The lowest BCUT2D eigenvalue weighted by atomic mass is 10.1. The van der Waals surface area contributed by atoms with E-state index in [-0.39, 0.29) is 11.4 Å². The van der Waals surface area contributed by atoms with Gasteiger partial charge in [0.25, 0.3) is 5.91 Å². The van der Waals surface area contributed by atoms with Gasteiger partial charge in [0.15, 0.2) is 0 Å². The molecule has 0 atom stereocenters. The van der Waals surface area contributed by atoms with E-state index in [0.717, 1.165) is 5.69 Å². The number of ether oxygens (including phenoxy) is 1. The molecule has 0 saturated carbocycles. The van der Waals surface area contributed by atoms with Crippen molar-refractivity contribution in [1.82, 2.24) is 9.78 Å². The van der Waals surface area contributed by atoms with E-state index in [0.29, 0.717) is 17.0 Å². The zero-order valence-electron chi connectivity index (χ0n) is 14.2. The van der Waals surface area contributed by atoms with E-state index in [9.17, 15) is 13.6 Å². The second-order valence-electron chi connectivity index (χ2n) is 5.62. The molecule has 0 radical (unpaired) electrons. The first-order valence-corrected chi connectivity index (χ1v) is 7.94. The number of carbonyl (C=O) groups is 1. The molecule has 0 aliphatic heterocycles. The minimum atomic E-state index is -2.97. The first-order valence-electron chi connectivity index (χ1n) is 7.94. The number of anilines is 1. The zero-order valence-corrected chi connectivity index (χ0v) is 14.2. The monoisotopic (exact) mass is 357 g/mol. The quantitative estimate of drug-likeness (QED) is 0.739. The van der Waals surface area contributed by atoms with Crippen LogP contribution < -0.4 is 10.1 Å². The lowest BCUT2D eigenvalue weighted by Gasteiger charge is -2.12. The van der Waals surface area contributed by atoms with Gasteiger partial charge in [0, 0.05) is 0 Å². The van der Waals surface area contributed by atoms with Crippen molar-refractivity contribution in [2.24, 2.45) is 0 Å². The molecule has 1 N–H and O–H groups in total. The molecule has 0 aliphatic carbocycles. The van der Waals surface area contributed by atoms with Gasteiger partial charge in [-0.2, -0.15) is 13.9 Å². The van der Waals surface area contributed by atoms with Crippen molar-refractivity contribution in [3.05, 3.63) is 71.5 Å². The van der Waals surface area contributed by atoms with Crippen LogP contribution in [0.5, 0.6) is 5.75 Å². The fourth-order valence-corrected chi connectivity index (χ4v) is 2.75. The number of hydrogen-bond acceptors (Lipinski definition) is 3. The third-order valence-electron chi connectivity index (χ3n) is 3.87. The molecule has 0 unspecified atom stereocenters. The summed E-state index contributed by atoms with van der Waals surface area (Å²) in [5.41, 5.74) is 2.58. The maximum atomic E-state index is 12.7. The molecule has 1 amide bonds. The van der Waals surface area contributed by atoms with Crippen molar-refractivity contribution >= 4 is 11.6 Å². The minimum absolute atomic E-state index is 0.0957. The number of hydrogen-bond donors (Lipinski definition) is 1. The smallest absolute Gasteiger partial charge is 0.387 e. The van der Waals surface area contributed by atoms with Gasteiger partial charge in [-0.15, -0.1) is 0 Å². The van der Waals surface area contributed by atoms with Crippen molar-refractivity contribution in [2.75, 3.05) is 5.32 Å². The fraction of sp³-hybridized carbons (Fsp3) is 0.158. The van der Waals surface area contributed by atoms with E-state index in [1.807, 2.05) is 30.3 Å². The number of aryl methyl sites for hydroxylation is 1. The van der Waals surface area contributed by atoms with Crippen LogP contribution in [0.25, 0.3) is 5.69 Å². The summed E-state index contributed by atoms with van der Waals surface area (Å²) >= 11 is 0. The molecule has 3 rings (SSSR count). The van der Waals surface area contributed by atoms with E-state index in [1.165, 1.54) is 12.1 Å². The van der Waals surface area contributed by atoms with Crippen LogP contribution in [0, 0.1) is 13.8 Å².